The molecule has 1 aliphatic heterocycles. The maximum Gasteiger partial charge on any atom is 0.310 e. The molecule has 0 aliphatic carbocycles. The summed E-state index contributed by atoms with van der Waals surface area (Å²) in [5, 5.41) is 5.60. The molecule has 2 N–H and O–H groups in total. The summed E-state index contributed by atoms with van der Waals surface area (Å²) < 4.78 is 18.3. The van der Waals surface area contributed by atoms with E-state index in [0.29, 0.717) is 24.8 Å². The molecule has 1 aromatic rings. The zero-order valence-corrected chi connectivity index (χ0v) is 15.1. The first kappa shape index (κ1) is 19.7. The number of likely N-dealkylation sites (tertiary alicyclic amines) is 1. The van der Waals surface area contributed by atoms with Crippen molar-refractivity contribution in [3.05, 3.63) is 30.1 Å². The van der Waals surface area contributed by atoms with Gasteiger partial charge in [-0.2, -0.15) is 0 Å². The van der Waals surface area contributed by atoms with E-state index < -0.39 is 5.82 Å². The number of amides is 1. The smallest absolute Gasteiger partial charge is 0.310 e. The van der Waals surface area contributed by atoms with Crippen molar-refractivity contribution < 1.29 is 18.7 Å². The monoisotopic (exact) mass is 364 g/mol. The molecule has 1 atom stereocenters. The van der Waals surface area contributed by atoms with E-state index in [0.717, 1.165) is 19.4 Å². The average Bonchev–Trinajstić information content (AvgIpc) is 2.63. The minimum absolute atomic E-state index is 0.0102. The second-order valence-corrected chi connectivity index (χ2v) is 6.00. The molecular formula is C18H25FN4O3. The van der Waals surface area contributed by atoms with Crippen molar-refractivity contribution in [3.8, 4) is 0 Å². The Bertz CT molecular complexity index is 666. The molecule has 1 heterocycles. The van der Waals surface area contributed by atoms with Gasteiger partial charge in [0.05, 0.1) is 19.1 Å². The summed E-state index contributed by atoms with van der Waals surface area (Å²) >= 11 is 0. The Morgan fingerprint density at radius 1 is 1.42 bits per heavy atom. The van der Waals surface area contributed by atoms with Gasteiger partial charge in [0.2, 0.25) is 5.91 Å². The van der Waals surface area contributed by atoms with Crippen LogP contribution in [0.15, 0.2) is 29.3 Å². The van der Waals surface area contributed by atoms with Crippen molar-refractivity contribution in [2.24, 2.45) is 10.9 Å². The van der Waals surface area contributed by atoms with Crippen LogP contribution >= 0.6 is 0 Å². The fraction of sp³-hybridized carbons (Fsp3) is 0.500. The first-order valence-corrected chi connectivity index (χ1v) is 8.71. The van der Waals surface area contributed by atoms with Gasteiger partial charge in [0.1, 0.15) is 5.82 Å². The largest absolute Gasteiger partial charge is 0.466 e. The van der Waals surface area contributed by atoms with Gasteiger partial charge < -0.3 is 20.3 Å². The normalized spacial score (nSPS) is 17.6. The summed E-state index contributed by atoms with van der Waals surface area (Å²) in [4.78, 5) is 30.1. The van der Waals surface area contributed by atoms with E-state index in [1.165, 1.54) is 18.2 Å². The molecule has 8 heteroatoms. The number of hydrogen-bond donors (Lipinski definition) is 2. The molecule has 1 fully saturated rings. The Labute approximate surface area is 152 Å². The van der Waals surface area contributed by atoms with Gasteiger partial charge in [0.15, 0.2) is 5.96 Å². The number of halogens is 1. The number of hydrogen-bond acceptors (Lipinski definition) is 4. The van der Waals surface area contributed by atoms with Crippen LogP contribution in [-0.4, -0.2) is 56.0 Å². The maximum atomic E-state index is 13.2. The topological polar surface area (TPSA) is 83.0 Å². The molecule has 1 aliphatic rings. The summed E-state index contributed by atoms with van der Waals surface area (Å²) in [6.07, 6.45) is 1.63. The fourth-order valence-corrected chi connectivity index (χ4v) is 2.89. The lowest BCUT2D eigenvalue weighted by atomic mass is 9.98. The molecular weight excluding hydrogens is 339 g/mol. The standard InChI is InChI=1S/C18H25FN4O3/c1-3-26-17(25)13-6-5-9-23(12-13)18(20-2)21-11-16(24)22-15-8-4-7-14(19)10-15/h4,7-8,10,13H,3,5-6,9,11-12H2,1-2H3,(H,20,21)(H,22,24). The molecule has 0 saturated carbocycles. The molecule has 2 rings (SSSR count). The third-order valence-corrected chi connectivity index (χ3v) is 4.07. The Kier molecular flexibility index (Phi) is 7.37. The number of rotatable bonds is 5. The van der Waals surface area contributed by atoms with Gasteiger partial charge in [-0.1, -0.05) is 6.07 Å². The van der Waals surface area contributed by atoms with Gasteiger partial charge in [-0.05, 0) is 38.0 Å². The number of carbonyl (C=O) groups is 2. The quantitative estimate of drug-likeness (QED) is 0.471. The van der Waals surface area contributed by atoms with Gasteiger partial charge >= 0.3 is 5.97 Å². The van der Waals surface area contributed by atoms with Crippen LogP contribution in [0.25, 0.3) is 0 Å². The summed E-state index contributed by atoms with van der Waals surface area (Å²) in [5.74, 6) is -0.561. The number of piperidine rings is 1. The number of anilines is 1. The lowest BCUT2D eigenvalue weighted by molar-refractivity contribution is -0.149. The predicted molar refractivity (Wildman–Crippen MR) is 97.3 cm³/mol. The van der Waals surface area contributed by atoms with E-state index in [1.807, 2.05) is 4.90 Å². The molecule has 1 unspecified atom stereocenters. The van der Waals surface area contributed by atoms with Crippen LogP contribution in [0.2, 0.25) is 0 Å². The summed E-state index contributed by atoms with van der Waals surface area (Å²) in [5.41, 5.74) is 0.395. The number of carbonyl (C=O) groups excluding carboxylic acids is 2. The van der Waals surface area contributed by atoms with E-state index in [9.17, 15) is 14.0 Å². The minimum Gasteiger partial charge on any atom is -0.466 e. The molecule has 1 aromatic carbocycles. The predicted octanol–water partition coefficient (Wildman–Crippen LogP) is 1.61. The molecule has 26 heavy (non-hydrogen) atoms. The first-order valence-electron chi connectivity index (χ1n) is 8.71. The minimum atomic E-state index is -0.412. The number of nitrogens with zero attached hydrogens (tertiary/aromatic N) is 2. The molecule has 1 amide bonds. The summed E-state index contributed by atoms with van der Waals surface area (Å²) in [7, 11) is 1.63. The Morgan fingerprint density at radius 3 is 2.92 bits per heavy atom. The van der Waals surface area contributed by atoms with Crippen LogP contribution in [0.1, 0.15) is 19.8 Å². The van der Waals surface area contributed by atoms with Crippen LogP contribution < -0.4 is 10.6 Å². The van der Waals surface area contributed by atoms with Crippen molar-refractivity contribution >= 4 is 23.5 Å². The van der Waals surface area contributed by atoms with E-state index in [-0.39, 0.29) is 24.3 Å². The van der Waals surface area contributed by atoms with Gasteiger partial charge in [-0.3, -0.25) is 14.6 Å². The van der Waals surface area contributed by atoms with Crippen LogP contribution in [0.4, 0.5) is 10.1 Å². The van der Waals surface area contributed by atoms with E-state index in [4.69, 9.17) is 4.74 Å². The van der Waals surface area contributed by atoms with Gasteiger partial charge in [-0.25, -0.2) is 4.39 Å². The molecule has 0 bridgehead atoms. The summed E-state index contributed by atoms with van der Waals surface area (Å²) in [6, 6.07) is 5.71. The zero-order chi connectivity index (χ0) is 18.9. The number of guanidine groups is 1. The van der Waals surface area contributed by atoms with Crippen molar-refractivity contribution in [3.63, 3.8) is 0 Å². The van der Waals surface area contributed by atoms with Gasteiger partial charge in [0, 0.05) is 25.8 Å². The highest BCUT2D eigenvalue weighted by atomic mass is 19.1. The van der Waals surface area contributed by atoms with Crippen LogP contribution in [0, 0.1) is 11.7 Å². The second kappa shape index (κ2) is 9.74. The Morgan fingerprint density at radius 2 is 2.23 bits per heavy atom. The van der Waals surface area contributed by atoms with Crippen LogP contribution in [0.5, 0.6) is 0 Å². The second-order valence-electron chi connectivity index (χ2n) is 6.00. The maximum absolute atomic E-state index is 13.2. The zero-order valence-electron chi connectivity index (χ0n) is 15.1. The van der Waals surface area contributed by atoms with Crippen LogP contribution in [0.3, 0.4) is 0 Å². The Hall–Kier alpha value is -2.64. The molecule has 0 radical (unpaired) electrons. The van der Waals surface area contributed by atoms with E-state index in [1.54, 1.807) is 20.0 Å². The highest BCUT2D eigenvalue weighted by Gasteiger charge is 2.28. The lowest BCUT2D eigenvalue weighted by Gasteiger charge is -2.33. The average molecular weight is 364 g/mol. The Balaban J connectivity index is 1.86. The van der Waals surface area contributed by atoms with Crippen molar-refractivity contribution in [2.45, 2.75) is 19.8 Å². The number of aliphatic imine (C=N–C) groups is 1. The SMILES string of the molecule is CCOC(=O)C1CCCN(C(=NC)NCC(=O)Nc2cccc(F)c2)C1. The van der Waals surface area contributed by atoms with Crippen molar-refractivity contribution in [2.75, 3.05) is 38.6 Å². The number of nitrogens with one attached hydrogen (secondary N) is 2. The molecule has 0 aromatic heterocycles. The molecule has 7 nitrogen and oxygen atoms in total. The van der Waals surface area contributed by atoms with Crippen LogP contribution in [-0.2, 0) is 14.3 Å². The number of ether oxygens (including phenoxy) is 1. The molecule has 1 saturated heterocycles. The molecule has 0 spiro atoms. The fourth-order valence-electron chi connectivity index (χ4n) is 2.89. The number of esters is 1. The number of benzene rings is 1. The van der Waals surface area contributed by atoms with Crippen molar-refractivity contribution in [1.82, 2.24) is 10.2 Å². The molecule has 142 valence electrons. The highest BCUT2D eigenvalue weighted by Crippen LogP contribution is 2.18. The van der Waals surface area contributed by atoms with E-state index >= 15 is 0 Å². The highest BCUT2D eigenvalue weighted by molar-refractivity contribution is 5.95. The third kappa shape index (κ3) is 5.72. The van der Waals surface area contributed by atoms with Crippen molar-refractivity contribution in [1.29, 1.82) is 0 Å². The van der Waals surface area contributed by atoms with Gasteiger partial charge in [-0.15, -0.1) is 0 Å². The summed E-state index contributed by atoms with van der Waals surface area (Å²) in [6.45, 7) is 3.40. The lowest BCUT2D eigenvalue weighted by Crippen LogP contribution is -2.49. The third-order valence-electron chi connectivity index (χ3n) is 4.07. The van der Waals surface area contributed by atoms with E-state index in [2.05, 4.69) is 15.6 Å². The van der Waals surface area contributed by atoms with Gasteiger partial charge in [0.25, 0.3) is 0 Å². The first-order chi connectivity index (χ1) is 12.5.